The Labute approximate surface area is 106 Å². The zero-order valence-electron chi connectivity index (χ0n) is 10.6. The topological polar surface area (TPSA) is 53.7 Å². The summed E-state index contributed by atoms with van der Waals surface area (Å²) < 4.78 is 1.65. The number of fused-ring (bicyclic) bond motifs is 1. The van der Waals surface area contributed by atoms with Crippen LogP contribution in [0.4, 0.5) is 0 Å². The normalized spacial score (nSPS) is 21.5. The third kappa shape index (κ3) is 2.18. The van der Waals surface area contributed by atoms with Gasteiger partial charge in [0.25, 0.3) is 0 Å². The van der Waals surface area contributed by atoms with E-state index in [0.717, 1.165) is 18.8 Å². The second-order valence-corrected chi connectivity index (χ2v) is 5.16. The zero-order valence-corrected chi connectivity index (χ0v) is 10.6. The maximum Gasteiger partial charge on any atom is 0.197 e. The van der Waals surface area contributed by atoms with Crippen molar-refractivity contribution in [3.63, 3.8) is 0 Å². The first-order chi connectivity index (χ1) is 8.72. The summed E-state index contributed by atoms with van der Waals surface area (Å²) in [6.07, 6.45) is 5.20. The van der Waals surface area contributed by atoms with Crippen LogP contribution in [0, 0.1) is 5.92 Å². The van der Waals surface area contributed by atoms with Gasteiger partial charge < -0.3 is 10.0 Å². The van der Waals surface area contributed by atoms with Crippen molar-refractivity contribution in [1.82, 2.24) is 19.5 Å². The van der Waals surface area contributed by atoms with Crippen molar-refractivity contribution in [2.24, 2.45) is 5.92 Å². The highest BCUT2D eigenvalue weighted by Crippen LogP contribution is 2.20. The molecule has 0 aromatic carbocycles. The summed E-state index contributed by atoms with van der Waals surface area (Å²) in [7, 11) is 2.16. The number of hydrogen-bond acceptors (Lipinski definition) is 4. The molecule has 0 aliphatic carbocycles. The Hall–Kier alpha value is -1.62. The molecule has 2 aromatic heterocycles. The van der Waals surface area contributed by atoms with Gasteiger partial charge in [-0.25, -0.2) is 9.50 Å². The number of pyridine rings is 1. The molecule has 1 aliphatic heterocycles. The van der Waals surface area contributed by atoms with Crippen LogP contribution < -0.4 is 0 Å². The first kappa shape index (κ1) is 11.5. The summed E-state index contributed by atoms with van der Waals surface area (Å²) in [6.45, 7) is 2.30. The Balaban J connectivity index is 1.80. The van der Waals surface area contributed by atoms with E-state index in [-0.39, 0.29) is 5.75 Å². The van der Waals surface area contributed by atoms with E-state index in [1.807, 2.05) is 6.20 Å². The van der Waals surface area contributed by atoms with E-state index < -0.39 is 0 Å². The molecule has 0 radical (unpaired) electrons. The third-order valence-electron chi connectivity index (χ3n) is 3.58. The minimum atomic E-state index is 0.192. The van der Waals surface area contributed by atoms with E-state index in [1.54, 1.807) is 16.6 Å². The first-order valence-electron chi connectivity index (χ1n) is 6.44. The molecule has 18 heavy (non-hydrogen) atoms. The van der Waals surface area contributed by atoms with Gasteiger partial charge in [0.05, 0.1) is 0 Å². The monoisotopic (exact) mass is 246 g/mol. The Bertz CT molecular complexity index is 551. The molecule has 5 nitrogen and oxygen atoms in total. The Morgan fingerprint density at radius 2 is 2.39 bits per heavy atom. The molecule has 1 unspecified atom stereocenters. The number of hydrogen-bond donors (Lipinski definition) is 1. The van der Waals surface area contributed by atoms with Gasteiger partial charge in [0, 0.05) is 19.2 Å². The molecule has 1 saturated heterocycles. The second-order valence-electron chi connectivity index (χ2n) is 5.16. The fraction of sp³-hybridized carbons (Fsp3) is 0.538. The molecule has 0 amide bonds. The van der Waals surface area contributed by atoms with Gasteiger partial charge in [-0.15, -0.1) is 0 Å². The largest absolute Gasteiger partial charge is 0.504 e. The maximum absolute atomic E-state index is 9.70. The lowest BCUT2D eigenvalue weighted by Gasteiger charge is -2.28. The molecule has 3 rings (SSSR count). The van der Waals surface area contributed by atoms with Gasteiger partial charge in [0.1, 0.15) is 0 Å². The average Bonchev–Trinajstić information content (AvgIpc) is 2.73. The van der Waals surface area contributed by atoms with E-state index in [0.29, 0.717) is 11.6 Å². The van der Waals surface area contributed by atoms with Crippen LogP contribution in [0.3, 0.4) is 0 Å². The van der Waals surface area contributed by atoms with Crippen molar-refractivity contribution in [1.29, 1.82) is 0 Å². The molecule has 0 saturated carbocycles. The predicted molar refractivity (Wildman–Crippen MR) is 68.6 cm³/mol. The van der Waals surface area contributed by atoms with E-state index in [4.69, 9.17) is 0 Å². The highest BCUT2D eigenvalue weighted by molar-refractivity contribution is 5.51. The quantitative estimate of drug-likeness (QED) is 0.868. The van der Waals surface area contributed by atoms with Gasteiger partial charge in [0.15, 0.2) is 17.2 Å². The molecule has 1 N–H and O–H groups in total. The first-order valence-corrected chi connectivity index (χ1v) is 6.44. The Morgan fingerprint density at radius 3 is 3.17 bits per heavy atom. The fourth-order valence-electron chi connectivity index (χ4n) is 2.72. The van der Waals surface area contributed by atoms with E-state index in [2.05, 4.69) is 22.0 Å². The minimum absolute atomic E-state index is 0.192. The number of likely N-dealkylation sites (tertiary alicyclic amines) is 1. The van der Waals surface area contributed by atoms with E-state index in [1.165, 1.54) is 19.4 Å². The molecule has 1 aliphatic rings. The number of aromatic nitrogens is 3. The van der Waals surface area contributed by atoms with Crippen LogP contribution in [0.2, 0.25) is 0 Å². The lowest BCUT2D eigenvalue weighted by Crippen LogP contribution is -2.33. The van der Waals surface area contributed by atoms with Crippen molar-refractivity contribution in [2.75, 3.05) is 20.1 Å². The zero-order chi connectivity index (χ0) is 12.5. The molecule has 2 aromatic rings. The number of piperidine rings is 1. The summed E-state index contributed by atoms with van der Waals surface area (Å²) in [5.74, 6) is 1.65. The molecule has 3 heterocycles. The van der Waals surface area contributed by atoms with Gasteiger partial charge >= 0.3 is 0 Å². The molecule has 1 fully saturated rings. The maximum atomic E-state index is 9.70. The molecule has 96 valence electrons. The van der Waals surface area contributed by atoms with Crippen molar-refractivity contribution < 1.29 is 5.11 Å². The lowest BCUT2D eigenvalue weighted by atomic mass is 9.95. The summed E-state index contributed by atoms with van der Waals surface area (Å²) in [4.78, 5) is 6.78. The minimum Gasteiger partial charge on any atom is -0.504 e. The predicted octanol–water partition coefficient (Wildman–Crippen LogP) is 1.32. The Morgan fingerprint density at radius 1 is 1.50 bits per heavy atom. The summed E-state index contributed by atoms with van der Waals surface area (Å²) in [6, 6.07) is 3.41. The van der Waals surface area contributed by atoms with Gasteiger partial charge in [-0.2, -0.15) is 5.10 Å². The van der Waals surface area contributed by atoms with Crippen LogP contribution in [-0.2, 0) is 6.42 Å². The smallest absolute Gasteiger partial charge is 0.197 e. The molecular weight excluding hydrogens is 228 g/mol. The highest BCUT2D eigenvalue weighted by Gasteiger charge is 2.19. The number of nitrogens with zero attached hydrogens (tertiary/aromatic N) is 4. The van der Waals surface area contributed by atoms with E-state index in [9.17, 15) is 5.11 Å². The average molecular weight is 246 g/mol. The van der Waals surface area contributed by atoms with Crippen LogP contribution in [0.5, 0.6) is 5.75 Å². The van der Waals surface area contributed by atoms with Crippen LogP contribution in [0.25, 0.3) is 5.65 Å². The second kappa shape index (κ2) is 4.57. The standard InChI is InChI=1S/C13H18N4O/c1-16-6-2-4-10(9-16)8-12-14-13-11(18)5-3-7-17(13)15-12/h3,5,7,10,18H,2,4,6,8-9H2,1H3. The van der Waals surface area contributed by atoms with Crippen LogP contribution in [0.1, 0.15) is 18.7 Å². The molecule has 5 heteroatoms. The van der Waals surface area contributed by atoms with Gasteiger partial charge in [-0.3, -0.25) is 0 Å². The van der Waals surface area contributed by atoms with Gasteiger partial charge in [0.2, 0.25) is 0 Å². The van der Waals surface area contributed by atoms with Crippen molar-refractivity contribution in [3.05, 3.63) is 24.2 Å². The molecular formula is C13H18N4O. The lowest BCUT2D eigenvalue weighted by molar-refractivity contribution is 0.207. The fourth-order valence-corrected chi connectivity index (χ4v) is 2.72. The van der Waals surface area contributed by atoms with Crippen molar-refractivity contribution >= 4 is 5.65 Å². The Kier molecular flexibility index (Phi) is 2.91. The SMILES string of the molecule is CN1CCCC(Cc2nc3c(O)cccn3n2)C1. The molecule has 0 spiro atoms. The van der Waals surface area contributed by atoms with Crippen LogP contribution in [0.15, 0.2) is 18.3 Å². The summed E-state index contributed by atoms with van der Waals surface area (Å²) in [5.41, 5.74) is 0.552. The van der Waals surface area contributed by atoms with Crippen LogP contribution >= 0.6 is 0 Å². The van der Waals surface area contributed by atoms with Crippen molar-refractivity contribution in [3.8, 4) is 5.75 Å². The van der Waals surface area contributed by atoms with Gasteiger partial charge in [-0.05, 0) is 44.5 Å². The van der Waals surface area contributed by atoms with Crippen LogP contribution in [-0.4, -0.2) is 44.7 Å². The molecule has 0 bridgehead atoms. The summed E-state index contributed by atoms with van der Waals surface area (Å²) in [5, 5.41) is 14.1. The van der Waals surface area contributed by atoms with E-state index >= 15 is 0 Å². The summed E-state index contributed by atoms with van der Waals surface area (Å²) >= 11 is 0. The molecule has 1 atom stereocenters. The number of rotatable bonds is 2. The highest BCUT2D eigenvalue weighted by atomic mass is 16.3. The van der Waals surface area contributed by atoms with Gasteiger partial charge in [-0.1, -0.05) is 0 Å². The van der Waals surface area contributed by atoms with Crippen molar-refractivity contribution in [2.45, 2.75) is 19.3 Å². The third-order valence-corrected chi connectivity index (χ3v) is 3.58. The number of aromatic hydroxyl groups is 1.